The van der Waals surface area contributed by atoms with Crippen LogP contribution in [0.25, 0.3) is 0 Å². The summed E-state index contributed by atoms with van der Waals surface area (Å²) in [6.45, 7) is 0. The van der Waals surface area contributed by atoms with Gasteiger partial charge in [-0.1, -0.05) is 0 Å². The Balaban J connectivity index is 2.55. The van der Waals surface area contributed by atoms with E-state index in [1.165, 1.54) is 7.11 Å². The first kappa shape index (κ1) is 9.67. The van der Waals surface area contributed by atoms with Crippen LogP contribution in [0, 0.1) is 0 Å². The van der Waals surface area contributed by atoms with Crippen molar-refractivity contribution in [3.05, 3.63) is 30.1 Å². The molecular formula is C9H11NO3. The van der Waals surface area contributed by atoms with Gasteiger partial charge in [-0.05, 0) is 17.7 Å². The molecule has 4 heteroatoms. The summed E-state index contributed by atoms with van der Waals surface area (Å²) < 4.78 is 4.38. The van der Waals surface area contributed by atoms with E-state index in [0.717, 1.165) is 5.56 Å². The van der Waals surface area contributed by atoms with Crippen LogP contribution in [0.2, 0.25) is 0 Å². The van der Waals surface area contributed by atoms with Crippen LogP contribution in [0.3, 0.4) is 0 Å². The SMILES string of the molecule is COC(=O)[C@@H](O)Cc1ccncc1. The lowest BCUT2D eigenvalue weighted by atomic mass is 10.1. The molecule has 0 saturated heterocycles. The highest BCUT2D eigenvalue weighted by molar-refractivity contribution is 5.74. The molecule has 1 atom stereocenters. The van der Waals surface area contributed by atoms with E-state index in [1.807, 2.05) is 0 Å². The van der Waals surface area contributed by atoms with Crippen LogP contribution in [-0.2, 0) is 16.0 Å². The van der Waals surface area contributed by atoms with E-state index >= 15 is 0 Å². The van der Waals surface area contributed by atoms with Crippen molar-refractivity contribution < 1.29 is 14.6 Å². The minimum atomic E-state index is -1.09. The van der Waals surface area contributed by atoms with E-state index in [4.69, 9.17) is 0 Å². The van der Waals surface area contributed by atoms with E-state index in [9.17, 15) is 9.90 Å². The smallest absolute Gasteiger partial charge is 0.335 e. The molecule has 0 unspecified atom stereocenters. The Morgan fingerprint density at radius 2 is 2.23 bits per heavy atom. The minimum absolute atomic E-state index is 0.259. The predicted molar refractivity (Wildman–Crippen MR) is 46.0 cm³/mol. The highest BCUT2D eigenvalue weighted by atomic mass is 16.5. The second-order valence-corrected chi connectivity index (χ2v) is 2.60. The monoisotopic (exact) mass is 181 g/mol. The van der Waals surface area contributed by atoms with Gasteiger partial charge in [-0.2, -0.15) is 0 Å². The maximum atomic E-state index is 10.8. The molecule has 0 aliphatic rings. The molecule has 1 aromatic rings. The molecule has 70 valence electrons. The second-order valence-electron chi connectivity index (χ2n) is 2.60. The number of ether oxygens (including phenoxy) is 1. The van der Waals surface area contributed by atoms with Gasteiger partial charge < -0.3 is 9.84 Å². The molecule has 4 nitrogen and oxygen atoms in total. The fraction of sp³-hybridized carbons (Fsp3) is 0.333. The molecule has 0 aromatic carbocycles. The number of esters is 1. The van der Waals surface area contributed by atoms with E-state index < -0.39 is 12.1 Å². The largest absolute Gasteiger partial charge is 0.467 e. The van der Waals surface area contributed by atoms with Gasteiger partial charge in [-0.25, -0.2) is 4.79 Å². The highest BCUT2D eigenvalue weighted by Crippen LogP contribution is 2.02. The Hall–Kier alpha value is -1.42. The van der Waals surface area contributed by atoms with Crippen molar-refractivity contribution in [1.82, 2.24) is 4.98 Å². The molecule has 1 N–H and O–H groups in total. The highest BCUT2D eigenvalue weighted by Gasteiger charge is 2.15. The van der Waals surface area contributed by atoms with E-state index in [2.05, 4.69) is 9.72 Å². The van der Waals surface area contributed by atoms with Gasteiger partial charge in [0.15, 0.2) is 6.10 Å². The molecule has 0 amide bonds. The van der Waals surface area contributed by atoms with Crippen LogP contribution in [0.4, 0.5) is 0 Å². The van der Waals surface area contributed by atoms with Gasteiger partial charge in [0, 0.05) is 18.8 Å². The first-order valence-corrected chi connectivity index (χ1v) is 3.89. The van der Waals surface area contributed by atoms with Gasteiger partial charge in [-0.15, -0.1) is 0 Å². The van der Waals surface area contributed by atoms with Crippen molar-refractivity contribution in [2.24, 2.45) is 0 Å². The Bertz CT molecular complexity index is 273. The summed E-state index contributed by atoms with van der Waals surface area (Å²) in [5.74, 6) is -0.614. The molecule has 1 rings (SSSR count). The van der Waals surface area contributed by atoms with Gasteiger partial charge in [-0.3, -0.25) is 4.98 Å². The van der Waals surface area contributed by atoms with Gasteiger partial charge in [0.05, 0.1) is 7.11 Å². The van der Waals surface area contributed by atoms with Crippen molar-refractivity contribution in [3.63, 3.8) is 0 Å². The average molecular weight is 181 g/mol. The predicted octanol–water partition coefficient (Wildman–Crippen LogP) is 0.158. The Labute approximate surface area is 76.2 Å². The zero-order valence-electron chi connectivity index (χ0n) is 7.30. The molecule has 0 saturated carbocycles. The third kappa shape index (κ3) is 2.83. The Kier molecular flexibility index (Phi) is 3.40. The zero-order chi connectivity index (χ0) is 9.68. The third-order valence-electron chi connectivity index (χ3n) is 1.65. The van der Waals surface area contributed by atoms with E-state index in [-0.39, 0.29) is 6.42 Å². The maximum Gasteiger partial charge on any atom is 0.335 e. The molecule has 0 bridgehead atoms. The van der Waals surface area contributed by atoms with Crippen molar-refractivity contribution in [3.8, 4) is 0 Å². The number of hydrogen-bond acceptors (Lipinski definition) is 4. The number of rotatable bonds is 3. The van der Waals surface area contributed by atoms with Gasteiger partial charge >= 0.3 is 5.97 Å². The fourth-order valence-electron chi connectivity index (χ4n) is 0.962. The Morgan fingerprint density at radius 3 is 2.77 bits per heavy atom. The van der Waals surface area contributed by atoms with Gasteiger partial charge in [0.25, 0.3) is 0 Å². The quantitative estimate of drug-likeness (QED) is 0.675. The standard InChI is InChI=1S/C9H11NO3/c1-13-9(12)8(11)6-7-2-4-10-5-3-7/h2-5,8,11H,6H2,1H3/t8-/m0/s1. The van der Waals surface area contributed by atoms with Crippen molar-refractivity contribution in [2.45, 2.75) is 12.5 Å². The summed E-state index contributed by atoms with van der Waals surface area (Å²) in [5.41, 5.74) is 0.855. The maximum absolute atomic E-state index is 10.8. The molecular weight excluding hydrogens is 170 g/mol. The molecule has 0 aliphatic carbocycles. The van der Waals surface area contributed by atoms with Gasteiger partial charge in [0.1, 0.15) is 0 Å². The summed E-state index contributed by atoms with van der Waals surface area (Å²) in [5, 5.41) is 9.28. The van der Waals surface area contributed by atoms with Crippen LogP contribution in [-0.4, -0.2) is 29.3 Å². The molecule has 1 aromatic heterocycles. The van der Waals surface area contributed by atoms with Crippen LogP contribution < -0.4 is 0 Å². The topological polar surface area (TPSA) is 59.4 Å². The average Bonchev–Trinajstić information content (AvgIpc) is 2.18. The molecule has 13 heavy (non-hydrogen) atoms. The number of carbonyl (C=O) groups excluding carboxylic acids is 1. The number of hydrogen-bond donors (Lipinski definition) is 1. The fourth-order valence-corrected chi connectivity index (χ4v) is 0.962. The summed E-state index contributed by atoms with van der Waals surface area (Å²) in [6, 6.07) is 3.48. The molecule has 0 radical (unpaired) electrons. The van der Waals surface area contributed by atoms with Crippen LogP contribution in [0.5, 0.6) is 0 Å². The minimum Gasteiger partial charge on any atom is -0.467 e. The van der Waals surface area contributed by atoms with E-state index in [0.29, 0.717) is 0 Å². The number of aliphatic hydroxyl groups excluding tert-OH is 1. The number of methoxy groups -OCH3 is 1. The lowest BCUT2D eigenvalue weighted by molar-refractivity contribution is -0.150. The molecule has 0 fully saturated rings. The number of aliphatic hydroxyl groups is 1. The van der Waals surface area contributed by atoms with Crippen LogP contribution in [0.1, 0.15) is 5.56 Å². The first-order chi connectivity index (χ1) is 6.24. The normalized spacial score (nSPS) is 12.2. The molecule has 0 spiro atoms. The molecule has 0 aliphatic heterocycles. The van der Waals surface area contributed by atoms with E-state index in [1.54, 1.807) is 24.5 Å². The lowest BCUT2D eigenvalue weighted by Gasteiger charge is -2.07. The lowest BCUT2D eigenvalue weighted by Crippen LogP contribution is -2.24. The number of aromatic nitrogens is 1. The second kappa shape index (κ2) is 4.57. The Morgan fingerprint density at radius 1 is 1.62 bits per heavy atom. The van der Waals surface area contributed by atoms with Crippen molar-refractivity contribution in [2.75, 3.05) is 7.11 Å². The summed E-state index contributed by atoms with van der Waals surface area (Å²) in [7, 11) is 1.25. The number of nitrogens with zero attached hydrogens (tertiary/aromatic N) is 1. The summed E-state index contributed by atoms with van der Waals surface area (Å²) in [4.78, 5) is 14.6. The van der Waals surface area contributed by atoms with Crippen molar-refractivity contribution in [1.29, 1.82) is 0 Å². The number of carbonyl (C=O) groups is 1. The van der Waals surface area contributed by atoms with Crippen LogP contribution in [0.15, 0.2) is 24.5 Å². The third-order valence-corrected chi connectivity index (χ3v) is 1.65. The van der Waals surface area contributed by atoms with Crippen molar-refractivity contribution >= 4 is 5.97 Å². The number of pyridine rings is 1. The summed E-state index contributed by atoms with van der Waals surface area (Å²) >= 11 is 0. The molecule has 1 heterocycles. The first-order valence-electron chi connectivity index (χ1n) is 3.89. The van der Waals surface area contributed by atoms with Crippen LogP contribution >= 0.6 is 0 Å². The summed E-state index contributed by atoms with van der Waals surface area (Å²) in [6.07, 6.45) is 2.39. The van der Waals surface area contributed by atoms with Gasteiger partial charge in [0.2, 0.25) is 0 Å². The zero-order valence-corrected chi connectivity index (χ0v) is 7.30.